The first kappa shape index (κ1) is 21.4. The van der Waals surface area contributed by atoms with Crippen LogP contribution in [-0.4, -0.2) is 38.2 Å². The molecule has 3 aromatic rings. The number of nitrogens with zero attached hydrogens (tertiary/aromatic N) is 1. The second-order valence-corrected chi connectivity index (χ2v) is 8.72. The summed E-state index contributed by atoms with van der Waals surface area (Å²) in [4.78, 5) is 13.3. The summed E-state index contributed by atoms with van der Waals surface area (Å²) in [5.74, 6) is 0.579. The second kappa shape index (κ2) is 9.45. The fourth-order valence-electron chi connectivity index (χ4n) is 3.07. The lowest BCUT2D eigenvalue weighted by Crippen LogP contribution is -2.31. The molecule has 3 rings (SSSR count). The van der Waals surface area contributed by atoms with Gasteiger partial charge in [-0.05, 0) is 53.9 Å². The number of methoxy groups -OCH3 is 1. The molecule has 30 heavy (non-hydrogen) atoms. The number of carboxylic acid groups (broad SMARTS) is 1. The van der Waals surface area contributed by atoms with Crippen LogP contribution in [0.4, 0.5) is 4.79 Å². The van der Waals surface area contributed by atoms with Crippen molar-refractivity contribution < 1.29 is 23.1 Å². The highest BCUT2D eigenvalue weighted by Gasteiger charge is 2.18. The third-order valence-corrected chi connectivity index (χ3v) is 6.50. The van der Waals surface area contributed by atoms with Gasteiger partial charge in [0.2, 0.25) is 9.84 Å². The Kier molecular flexibility index (Phi) is 6.74. The van der Waals surface area contributed by atoms with Gasteiger partial charge < -0.3 is 14.7 Å². The van der Waals surface area contributed by atoms with Crippen LogP contribution < -0.4 is 4.74 Å². The van der Waals surface area contributed by atoms with Crippen LogP contribution in [0.1, 0.15) is 11.1 Å². The molecule has 0 saturated carbocycles. The van der Waals surface area contributed by atoms with Crippen molar-refractivity contribution in [1.82, 2.24) is 4.90 Å². The molecule has 0 aliphatic rings. The highest BCUT2D eigenvalue weighted by atomic mass is 32.2. The highest BCUT2D eigenvalue weighted by Crippen LogP contribution is 2.24. The first-order valence-electron chi connectivity index (χ1n) is 9.40. The van der Waals surface area contributed by atoms with E-state index in [1.807, 2.05) is 30.3 Å². The van der Waals surface area contributed by atoms with Crippen LogP contribution in [-0.2, 0) is 22.8 Å². The van der Waals surface area contributed by atoms with E-state index in [1.165, 1.54) is 24.1 Å². The molecule has 1 N–H and O–H groups in total. The van der Waals surface area contributed by atoms with Crippen molar-refractivity contribution in [1.29, 1.82) is 0 Å². The molecule has 156 valence electrons. The first-order valence-corrected chi connectivity index (χ1v) is 10.9. The van der Waals surface area contributed by atoms with Gasteiger partial charge in [0.25, 0.3) is 0 Å². The van der Waals surface area contributed by atoms with Crippen molar-refractivity contribution in [2.24, 2.45) is 0 Å². The van der Waals surface area contributed by atoms with Gasteiger partial charge in [-0.25, -0.2) is 13.2 Å². The number of hydrogen-bond donors (Lipinski definition) is 1. The van der Waals surface area contributed by atoms with E-state index in [4.69, 9.17) is 4.74 Å². The number of carbonyl (C=O) groups is 1. The molecule has 6 nitrogen and oxygen atoms in total. The minimum atomic E-state index is -3.68. The Labute approximate surface area is 176 Å². The van der Waals surface area contributed by atoms with Crippen LogP contribution in [0.2, 0.25) is 0 Å². The molecule has 0 fully saturated rings. The lowest BCUT2D eigenvalue weighted by Gasteiger charge is -2.19. The number of rotatable bonds is 8. The van der Waals surface area contributed by atoms with Crippen LogP contribution in [0.5, 0.6) is 5.75 Å². The molecule has 0 spiro atoms. The summed E-state index contributed by atoms with van der Waals surface area (Å²) in [6.45, 7) is 0.538. The second-order valence-electron chi connectivity index (χ2n) is 6.77. The lowest BCUT2D eigenvalue weighted by molar-refractivity contribution is 0.143. The molecule has 0 saturated heterocycles. The third kappa shape index (κ3) is 5.18. The predicted octanol–water partition coefficient (Wildman–Crippen LogP) is 4.25. The summed E-state index contributed by atoms with van der Waals surface area (Å²) in [6.07, 6.45) is -0.605. The van der Waals surface area contributed by atoms with E-state index >= 15 is 0 Å². The molecular formula is C23H23NO5S. The molecule has 0 unspecified atom stereocenters. The van der Waals surface area contributed by atoms with Crippen molar-refractivity contribution in [2.45, 2.75) is 22.8 Å². The Balaban J connectivity index is 1.74. The van der Waals surface area contributed by atoms with Gasteiger partial charge in [0.05, 0.1) is 16.9 Å². The zero-order valence-electron chi connectivity index (χ0n) is 16.6. The summed E-state index contributed by atoms with van der Waals surface area (Å²) in [6, 6.07) is 22.2. The van der Waals surface area contributed by atoms with Crippen LogP contribution in [0.3, 0.4) is 0 Å². The Morgan fingerprint density at radius 1 is 0.900 bits per heavy atom. The topological polar surface area (TPSA) is 83.9 Å². The fourth-order valence-corrected chi connectivity index (χ4v) is 4.40. The third-order valence-electron chi connectivity index (χ3n) is 4.74. The van der Waals surface area contributed by atoms with Crippen molar-refractivity contribution >= 4 is 15.9 Å². The van der Waals surface area contributed by atoms with Crippen molar-refractivity contribution in [3.05, 3.63) is 90.0 Å². The van der Waals surface area contributed by atoms with Gasteiger partial charge in [-0.15, -0.1) is 0 Å². The van der Waals surface area contributed by atoms with E-state index in [9.17, 15) is 18.3 Å². The summed E-state index contributed by atoms with van der Waals surface area (Å²) < 4.78 is 30.9. The number of ether oxygens (including phenoxy) is 1. The average molecular weight is 426 g/mol. The molecule has 3 aromatic carbocycles. The molecule has 1 amide bonds. The molecule has 0 aliphatic carbocycles. The van der Waals surface area contributed by atoms with Gasteiger partial charge in [-0.2, -0.15) is 0 Å². The Bertz CT molecular complexity index is 1100. The highest BCUT2D eigenvalue weighted by molar-refractivity contribution is 7.91. The molecule has 0 radical (unpaired) electrons. The maximum atomic E-state index is 12.9. The summed E-state index contributed by atoms with van der Waals surface area (Å²) >= 11 is 0. The van der Waals surface area contributed by atoms with Crippen molar-refractivity contribution in [3.63, 3.8) is 0 Å². The average Bonchev–Trinajstić information content (AvgIpc) is 2.77. The molecule has 0 atom stereocenters. The smallest absolute Gasteiger partial charge is 0.407 e. The SMILES string of the molecule is COc1ccc(S(=O)(=O)c2cccc(CCN(Cc3ccccc3)C(=O)O)c2)cc1. The first-order chi connectivity index (χ1) is 14.4. The van der Waals surface area contributed by atoms with Crippen LogP contribution in [0, 0.1) is 0 Å². The van der Waals surface area contributed by atoms with E-state index in [0.717, 1.165) is 11.1 Å². The number of hydrogen-bond acceptors (Lipinski definition) is 4. The van der Waals surface area contributed by atoms with Gasteiger partial charge >= 0.3 is 6.09 Å². The monoisotopic (exact) mass is 425 g/mol. The minimum Gasteiger partial charge on any atom is -0.497 e. The zero-order valence-corrected chi connectivity index (χ0v) is 17.4. The molecule has 0 aliphatic heterocycles. The van der Waals surface area contributed by atoms with E-state index in [0.29, 0.717) is 12.2 Å². The Hall–Kier alpha value is -3.32. The van der Waals surface area contributed by atoms with E-state index in [-0.39, 0.29) is 22.9 Å². The molecule has 7 heteroatoms. The number of amides is 1. The quantitative estimate of drug-likeness (QED) is 0.583. The Morgan fingerprint density at radius 2 is 1.57 bits per heavy atom. The van der Waals surface area contributed by atoms with Crippen molar-refractivity contribution in [2.75, 3.05) is 13.7 Å². The standard InChI is InChI=1S/C23H23NO5S/c1-29-20-10-12-21(13-11-20)30(27,28)22-9-5-8-18(16-22)14-15-24(23(25)26)17-19-6-3-2-4-7-19/h2-13,16H,14-15,17H2,1H3,(H,25,26). The van der Waals surface area contributed by atoms with Gasteiger partial charge in [0.1, 0.15) is 5.75 Å². The maximum Gasteiger partial charge on any atom is 0.407 e. The number of sulfone groups is 1. The summed E-state index contributed by atoms with van der Waals surface area (Å²) in [7, 11) is -2.16. The number of benzene rings is 3. The fraction of sp³-hybridized carbons (Fsp3) is 0.174. The maximum absolute atomic E-state index is 12.9. The van der Waals surface area contributed by atoms with E-state index in [2.05, 4.69) is 0 Å². The van der Waals surface area contributed by atoms with Crippen molar-refractivity contribution in [3.8, 4) is 5.75 Å². The molecule has 0 bridgehead atoms. The van der Waals surface area contributed by atoms with Gasteiger partial charge in [-0.1, -0.05) is 42.5 Å². The normalized spacial score (nSPS) is 11.1. The minimum absolute atomic E-state index is 0.176. The predicted molar refractivity (Wildman–Crippen MR) is 113 cm³/mol. The van der Waals surface area contributed by atoms with Gasteiger partial charge in [0, 0.05) is 13.1 Å². The molecular weight excluding hydrogens is 402 g/mol. The summed E-state index contributed by atoms with van der Waals surface area (Å²) in [5.41, 5.74) is 1.65. The molecule has 0 aromatic heterocycles. The van der Waals surface area contributed by atoms with E-state index in [1.54, 1.807) is 36.4 Å². The molecule has 0 heterocycles. The summed E-state index contributed by atoms with van der Waals surface area (Å²) in [5, 5.41) is 9.51. The largest absolute Gasteiger partial charge is 0.497 e. The zero-order chi connectivity index (χ0) is 21.6. The lowest BCUT2D eigenvalue weighted by atomic mass is 10.1. The van der Waals surface area contributed by atoms with Gasteiger partial charge in [0.15, 0.2) is 0 Å². The van der Waals surface area contributed by atoms with Crippen LogP contribution in [0.15, 0.2) is 88.7 Å². The van der Waals surface area contributed by atoms with Crippen LogP contribution >= 0.6 is 0 Å². The van der Waals surface area contributed by atoms with Crippen LogP contribution in [0.25, 0.3) is 0 Å². The van der Waals surface area contributed by atoms with Gasteiger partial charge in [-0.3, -0.25) is 0 Å². The van der Waals surface area contributed by atoms with E-state index < -0.39 is 15.9 Å². The Morgan fingerprint density at radius 3 is 2.20 bits per heavy atom.